The molecule has 0 fully saturated rings. The van der Waals surface area contributed by atoms with E-state index in [0.29, 0.717) is 17.1 Å². The van der Waals surface area contributed by atoms with Gasteiger partial charge in [0.1, 0.15) is 11.5 Å². The Labute approximate surface area is 170 Å². The number of methoxy groups -OCH3 is 2. The van der Waals surface area contributed by atoms with Crippen LogP contribution in [0, 0.1) is 0 Å². The third kappa shape index (κ3) is 6.24. The van der Waals surface area contributed by atoms with Crippen molar-refractivity contribution in [1.82, 2.24) is 5.32 Å². The summed E-state index contributed by atoms with van der Waals surface area (Å²) in [6, 6.07) is 11.5. The zero-order valence-electron chi connectivity index (χ0n) is 15.2. The summed E-state index contributed by atoms with van der Waals surface area (Å²) >= 11 is 3.33. The number of hydrogen-bond acceptors (Lipinski definition) is 6. The summed E-state index contributed by atoms with van der Waals surface area (Å²) < 4.78 is 15.9. The standard InChI is InChI=1S/C20H18BrNO6/c1-26-16-7-3-13(4-8-16)20(25)22-18(23)12-28-19(24)10-5-14-11-15(21)6-9-17(14)27-2/h3-11H,12H2,1-2H3,(H,22,23,25)/b10-5+. The Morgan fingerprint density at radius 1 is 1.04 bits per heavy atom. The normalized spacial score (nSPS) is 10.4. The lowest BCUT2D eigenvalue weighted by molar-refractivity contribution is -0.143. The maximum absolute atomic E-state index is 12.0. The summed E-state index contributed by atoms with van der Waals surface area (Å²) in [5.41, 5.74) is 0.940. The second-order valence-electron chi connectivity index (χ2n) is 5.43. The van der Waals surface area contributed by atoms with Crippen LogP contribution < -0.4 is 14.8 Å². The number of rotatable bonds is 7. The van der Waals surface area contributed by atoms with Gasteiger partial charge in [0.05, 0.1) is 14.2 Å². The Balaban J connectivity index is 1.85. The van der Waals surface area contributed by atoms with Crippen molar-refractivity contribution in [3.8, 4) is 11.5 Å². The Hall–Kier alpha value is -3.13. The summed E-state index contributed by atoms with van der Waals surface area (Å²) in [5, 5.41) is 2.14. The van der Waals surface area contributed by atoms with Crippen molar-refractivity contribution in [2.75, 3.05) is 20.8 Å². The van der Waals surface area contributed by atoms with Gasteiger partial charge in [0, 0.05) is 21.7 Å². The minimum Gasteiger partial charge on any atom is -0.497 e. The monoisotopic (exact) mass is 447 g/mol. The van der Waals surface area contributed by atoms with E-state index in [1.165, 1.54) is 38.5 Å². The van der Waals surface area contributed by atoms with Crippen molar-refractivity contribution in [2.24, 2.45) is 0 Å². The highest BCUT2D eigenvalue weighted by Crippen LogP contribution is 2.24. The first-order chi connectivity index (χ1) is 13.4. The zero-order valence-corrected chi connectivity index (χ0v) is 16.8. The molecule has 0 atom stereocenters. The summed E-state index contributed by atoms with van der Waals surface area (Å²) in [6.45, 7) is -0.583. The Morgan fingerprint density at radius 2 is 1.75 bits per heavy atom. The Morgan fingerprint density at radius 3 is 2.39 bits per heavy atom. The number of carbonyl (C=O) groups is 3. The lowest BCUT2D eigenvalue weighted by atomic mass is 10.2. The first-order valence-electron chi connectivity index (χ1n) is 8.09. The molecule has 7 nitrogen and oxygen atoms in total. The number of nitrogens with one attached hydrogen (secondary N) is 1. The van der Waals surface area contributed by atoms with Crippen LogP contribution in [0.3, 0.4) is 0 Å². The smallest absolute Gasteiger partial charge is 0.331 e. The number of ether oxygens (including phenoxy) is 3. The maximum Gasteiger partial charge on any atom is 0.331 e. The molecular weight excluding hydrogens is 430 g/mol. The molecule has 0 aliphatic carbocycles. The van der Waals surface area contributed by atoms with Crippen LogP contribution in [0.1, 0.15) is 15.9 Å². The van der Waals surface area contributed by atoms with Crippen LogP contribution in [0.25, 0.3) is 6.08 Å². The van der Waals surface area contributed by atoms with Gasteiger partial charge >= 0.3 is 5.97 Å². The van der Waals surface area contributed by atoms with Crippen LogP contribution in [0.4, 0.5) is 0 Å². The molecule has 0 aromatic heterocycles. The number of halogens is 1. The minimum atomic E-state index is -0.734. The number of hydrogen-bond donors (Lipinski definition) is 1. The van der Waals surface area contributed by atoms with Gasteiger partial charge in [0.2, 0.25) is 0 Å². The van der Waals surface area contributed by atoms with E-state index in [1.807, 2.05) is 0 Å². The van der Waals surface area contributed by atoms with Crippen LogP contribution in [-0.2, 0) is 14.3 Å². The Bertz CT molecular complexity index is 892. The second kappa shape index (κ2) is 10.3. The van der Waals surface area contributed by atoms with E-state index in [1.54, 1.807) is 30.3 Å². The second-order valence-corrected chi connectivity index (χ2v) is 6.35. The number of imide groups is 1. The molecule has 0 aliphatic rings. The fraction of sp³-hybridized carbons (Fsp3) is 0.150. The molecule has 0 saturated heterocycles. The average molecular weight is 448 g/mol. The zero-order chi connectivity index (χ0) is 20.5. The lowest BCUT2D eigenvalue weighted by Gasteiger charge is -2.06. The molecule has 146 valence electrons. The summed E-state index contributed by atoms with van der Waals surface area (Å²) in [7, 11) is 3.02. The number of benzene rings is 2. The topological polar surface area (TPSA) is 90.9 Å². The molecule has 0 heterocycles. The van der Waals surface area contributed by atoms with E-state index < -0.39 is 24.4 Å². The van der Waals surface area contributed by atoms with Crippen molar-refractivity contribution in [3.05, 3.63) is 64.1 Å². The number of carbonyl (C=O) groups excluding carboxylic acids is 3. The maximum atomic E-state index is 12.0. The van der Waals surface area contributed by atoms with Gasteiger partial charge in [-0.2, -0.15) is 0 Å². The van der Waals surface area contributed by atoms with E-state index in [-0.39, 0.29) is 5.56 Å². The van der Waals surface area contributed by atoms with Crippen molar-refractivity contribution in [1.29, 1.82) is 0 Å². The van der Waals surface area contributed by atoms with Gasteiger partial charge < -0.3 is 14.2 Å². The van der Waals surface area contributed by atoms with Crippen molar-refractivity contribution in [3.63, 3.8) is 0 Å². The van der Waals surface area contributed by atoms with Crippen molar-refractivity contribution < 1.29 is 28.6 Å². The largest absolute Gasteiger partial charge is 0.497 e. The summed E-state index contributed by atoms with van der Waals surface area (Å²) in [6.07, 6.45) is 2.68. The third-order valence-corrected chi connectivity index (χ3v) is 4.03. The average Bonchev–Trinajstić information content (AvgIpc) is 2.70. The molecule has 0 spiro atoms. The highest BCUT2D eigenvalue weighted by molar-refractivity contribution is 9.10. The quantitative estimate of drug-likeness (QED) is 0.518. The van der Waals surface area contributed by atoms with E-state index in [4.69, 9.17) is 14.2 Å². The molecule has 1 N–H and O–H groups in total. The number of amides is 2. The molecule has 0 radical (unpaired) electrons. The molecule has 2 rings (SSSR count). The molecule has 0 bridgehead atoms. The van der Waals surface area contributed by atoms with Crippen LogP contribution in [0.2, 0.25) is 0 Å². The molecule has 28 heavy (non-hydrogen) atoms. The lowest BCUT2D eigenvalue weighted by Crippen LogP contribution is -2.34. The predicted octanol–water partition coefficient (Wildman–Crippen LogP) is 2.98. The number of esters is 1. The highest BCUT2D eigenvalue weighted by Gasteiger charge is 2.12. The van der Waals surface area contributed by atoms with Gasteiger partial charge in [0.25, 0.3) is 11.8 Å². The molecule has 2 aromatic carbocycles. The van der Waals surface area contributed by atoms with Gasteiger partial charge in [-0.1, -0.05) is 15.9 Å². The molecular formula is C20H18BrNO6. The minimum absolute atomic E-state index is 0.280. The molecule has 2 aromatic rings. The highest BCUT2D eigenvalue weighted by atomic mass is 79.9. The third-order valence-electron chi connectivity index (χ3n) is 3.54. The first kappa shape index (κ1) is 21.2. The first-order valence-corrected chi connectivity index (χ1v) is 8.89. The van der Waals surface area contributed by atoms with Crippen LogP contribution >= 0.6 is 15.9 Å². The fourth-order valence-corrected chi connectivity index (χ4v) is 2.53. The predicted molar refractivity (Wildman–Crippen MR) is 106 cm³/mol. The molecule has 8 heteroatoms. The van der Waals surface area contributed by atoms with Crippen molar-refractivity contribution >= 4 is 39.8 Å². The summed E-state index contributed by atoms with van der Waals surface area (Å²) in [4.78, 5) is 35.5. The van der Waals surface area contributed by atoms with E-state index in [2.05, 4.69) is 21.2 Å². The molecule has 0 aliphatic heterocycles. The van der Waals surface area contributed by atoms with Crippen LogP contribution in [0.5, 0.6) is 11.5 Å². The van der Waals surface area contributed by atoms with Gasteiger partial charge in [-0.15, -0.1) is 0 Å². The summed E-state index contributed by atoms with van der Waals surface area (Å²) in [5.74, 6) is -0.893. The van der Waals surface area contributed by atoms with E-state index in [9.17, 15) is 14.4 Å². The van der Waals surface area contributed by atoms with Gasteiger partial charge in [-0.25, -0.2) is 4.79 Å². The van der Waals surface area contributed by atoms with Gasteiger partial charge in [-0.05, 0) is 48.5 Å². The fourth-order valence-electron chi connectivity index (χ4n) is 2.16. The van der Waals surface area contributed by atoms with Crippen LogP contribution in [0.15, 0.2) is 53.0 Å². The van der Waals surface area contributed by atoms with E-state index >= 15 is 0 Å². The van der Waals surface area contributed by atoms with Crippen molar-refractivity contribution in [2.45, 2.75) is 0 Å². The van der Waals surface area contributed by atoms with E-state index in [0.717, 1.165) is 4.47 Å². The molecule has 0 saturated carbocycles. The molecule has 2 amide bonds. The SMILES string of the molecule is COc1ccc(C(=O)NC(=O)COC(=O)/C=C/c2cc(Br)ccc2OC)cc1. The van der Waals surface area contributed by atoms with Crippen LogP contribution in [-0.4, -0.2) is 38.6 Å². The van der Waals surface area contributed by atoms with Gasteiger partial charge in [-0.3, -0.25) is 14.9 Å². The van der Waals surface area contributed by atoms with Gasteiger partial charge in [0.15, 0.2) is 6.61 Å². The molecule has 0 unspecified atom stereocenters. The Kier molecular flexibility index (Phi) is 7.76.